The van der Waals surface area contributed by atoms with E-state index in [-0.39, 0.29) is 0 Å². The SMILES string of the molecule is Cc1cnc(-c2cccnc2)n1C1CCN(C(=O)CC2CCCC2)CC1. The van der Waals surface area contributed by atoms with Crippen molar-refractivity contribution in [2.24, 2.45) is 5.92 Å². The van der Waals surface area contributed by atoms with Crippen LogP contribution in [0.1, 0.15) is 56.7 Å². The number of carbonyl (C=O) groups is 1. The number of piperidine rings is 1. The molecule has 0 unspecified atom stereocenters. The highest BCUT2D eigenvalue weighted by atomic mass is 16.2. The zero-order valence-electron chi connectivity index (χ0n) is 15.6. The number of aromatic nitrogens is 3. The Hall–Kier alpha value is -2.17. The lowest BCUT2D eigenvalue weighted by Gasteiger charge is -2.34. The molecule has 2 aromatic heterocycles. The fraction of sp³-hybridized carbons (Fsp3) is 0.571. The summed E-state index contributed by atoms with van der Waals surface area (Å²) in [4.78, 5) is 23.5. The van der Waals surface area contributed by atoms with E-state index in [9.17, 15) is 4.79 Å². The van der Waals surface area contributed by atoms with Crippen LogP contribution in [0.25, 0.3) is 11.4 Å². The quantitative estimate of drug-likeness (QED) is 0.836. The molecular formula is C21H28N4O. The molecule has 0 radical (unpaired) electrons. The third-order valence-corrected chi connectivity index (χ3v) is 6.02. The molecule has 1 aliphatic carbocycles. The minimum atomic E-state index is 0.366. The smallest absolute Gasteiger partial charge is 0.222 e. The van der Waals surface area contributed by atoms with Crippen molar-refractivity contribution in [1.29, 1.82) is 0 Å². The molecule has 1 saturated heterocycles. The summed E-state index contributed by atoms with van der Waals surface area (Å²) in [7, 11) is 0. The summed E-state index contributed by atoms with van der Waals surface area (Å²) in [5.41, 5.74) is 2.24. The van der Waals surface area contributed by atoms with Crippen LogP contribution in [0.5, 0.6) is 0 Å². The lowest BCUT2D eigenvalue weighted by molar-refractivity contribution is -0.133. The van der Waals surface area contributed by atoms with Gasteiger partial charge < -0.3 is 9.47 Å². The van der Waals surface area contributed by atoms with Gasteiger partial charge in [0.15, 0.2) is 0 Å². The first-order valence-corrected chi connectivity index (χ1v) is 9.94. The second-order valence-corrected chi connectivity index (χ2v) is 7.80. The number of hydrogen-bond donors (Lipinski definition) is 0. The molecule has 2 aromatic rings. The first kappa shape index (κ1) is 17.3. The van der Waals surface area contributed by atoms with Crippen molar-refractivity contribution in [3.05, 3.63) is 36.4 Å². The van der Waals surface area contributed by atoms with Crippen LogP contribution in [0.15, 0.2) is 30.7 Å². The van der Waals surface area contributed by atoms with Gasteiger partial charge in [0.2, 0.25) is 5.91 Å². The Morgan fingerprint density at radius 2 is 1.92 bits per heavy atom. The number of hydrogen-bond acceptors (Lipinski definition) is 3. The van der Waals surface area contributed by atoms with Crippen molar-refractivity contribution in [3.8, 4) is 11.4 Å². The highest BCUT2D eigenvalue weighted by Gasteiger charge is 2.28. The standard InChI is InChI=1S/C21H28N4O/c1-16-14-23-21(18-7-4-10-22-15-18)25(16)19-8-11-24(12-9-19)20(26)13-17-5-2-3-6-17/h4,7,10,14-15,17,19H,2-3,5-6,8-9,11-13H2,1H3. The summed E-state index contributed by atoms with van der Waals surface area (Å²) in [6.45, 7) is 3.84. The van der Waals surface area contributed by atoms with E-state index in [0.717, 1.165) is 43.7 Å². The molecule has 5 nitrogen and oxygen atoms in total. The molecule has 1 saturated carbocycles. The van der Waals surface area contributed by atoms with Gasteiger partial charge in [0.05, 0.1) is 0 Å². The Kier molecular flexibility index (Phi) is 5.05. The summed E-state index contributed by atoms with van der Waals surface area (Å²) in [6, 6.07) is 4.42. The minimum absolute atomic E-state index is 0.366. The van der Waals surface area contributed by atoms with Crippen molar-refractivity contribution in [2.75, 3.05) is 13.1 Å². The Bertz CT molecular complexity index is 741. The zero-order chi connectivity index (χ0) is 17.9. The lowest BCUT2D eigenvalue weighted by Crippen LogP contribution is -2.39. The van der Waals surface area contributed by atoms with E-state index in [4.69, 9.17) is 0 Å². The van der Waals surface area contributed by atoms with Crippen LogP contribution in [-0.4, -0.2) is 38.4 Å². The van der Waals surface area contributed by atoms with Crippen LogP contribution in [0.2, 0.25) is 0 Å². The maximum Gasteiger partial charge on any atom is 0.222 e. The number of rotatable bonds is 4. The molecule has 0 aromatic carbocycles. The van der Waals surface area contributed by atoms with Gasteiger partial charge in [-0.05, 0) is 50.7 Å². The first-order valence-electron chi connectivity index (χ1n) is 9.94. The van der Waals surface area contributed by atoms with Crippen LogP contribution in [0.4, 0.5) is 0 Å². The topological polar surface area (TPSA) is 51.0 Å². The summed E-state index contributed by atoms with van der Waals surface area (Å²) in [5, 5.41) is 0. The molecule has 1 amide bonds. The van der Waals surface area contributed by atoms with Crippen molar-refractivity contribution in [3.63, 3.8) is 0 Å². The average Bonchev–Trinajstić information content (AvgIpc) is 3.32. The van der Waals surface area contributed by atoms with Crippen molar-refractivity contribution in [1.82, 2.24) is 19.4 Å². The van der Waals surface area contributed by atoms with Gasteiger partial charge in [-0.1, -0.05) is 12.8 Å². The number of amides is 1. The van der Waals surface area contributed by atoms with Crippen LogP contribution in [0.3, 0.4) is 0 Å². The van der Waals surface area contributed by atoms with Gasteiger partial charge in [-0.2, -0.15) is 0 Å². The van der Waals surface area contributed by atoms with E-state index in [2.05, 4.69) is 32.4 Å². The van der Waals surface area contributed by atoms with Crippen LogP contribution in [0, 0.1) is 12.8 Å². The first-order chi connectivity index (χ1) is 12.7. The number of likely N-dealkylation sites (tertiary alicyclic amines) is 1. The van der Waals surface area contributed by atoms with Gasteiger partial charge in [0.1, 0.15) is 5.82 Å². The predicted molar refractivity (Wildman–Crippen MR) is 102 cm³/mol. The van der Waals surface area contributed by atoms with E-state index in [1.54, 1.807) is 6.20 Å². The molecule has 26 heavy (non-hydrogen) atoms. The Balaban J connectivity index is 1.42. The highest BCUT2D eigenvalue weighted by Crippen LogP contribution is 2.32. The highest BCUT2D eigenvalue weighted by molar-refractivity contribution is 5.76. The summed E-state index contributed by atoms with van der Waals surface area (Å²) in [5.74, 6) is 1.99. The molecule has 2 aliphatic rings. The van der Waals surface area contributed by atoms with Crippen LogP contribution in [-0.2, 0) is 4.79 Å². The molecule has 3 heterocycles. The third-order valence-electron chi connectivity index (χ3n) is 6.02. The molecule has 4 rings (SSSR count). The normalized spacial score (nSPS) is 19.2. The Labute approximate surface area is 155 Å². The summed E-state index contributed by atoms with van der Waals surface area (Å²) in [6.07, 6.45) is 13.5. The van der Waals surface area contributed by atoms with Crippen molar-refractivity contribution in [2.45, 2.75) is 57.9 Å². The number of nitrogens with zero attached hydrogens (tertiary/aromatic N) is 4. The molecule has 1 aliphatic heterocycles. The zero-order valence-corrected chi connectivity index (χ0v) is 15.6. The fourth-order valence-electron chi connectivity index (χ4n) is 4.58. The second-order valence-electron chi connectivity index (χ2n) is 7.80. The van der Waals surface area contributed by atoms with E-state index < -0.39 is 0 Å². The Morgan fingerprint density at radius 1 is 1.15 bits per heavy atom. The van der Waals surface area contributed by atoms with Crippen LogP contribution >= 0.6 is 0 Å². The van der Waals surface area contributed by atoms with Gasteiger partial charge in [0, 0.05) is 55.4 Å². The van der Waals surface area contributed by atoms with Crippen molar-refractivity contribution >= 4 is 5.91 Å². The minimum Gasteiger partial charge on any atom is -0.343 e. The van der Waals surface area contributed by atoms with Gasteiger partial charge in [0.25, 0.3) is 0 Å². The summed E-state index contributed by atoms with van der Waals surface area (Å²) < 4.78 is 2.34. The van der Waals surface area contributed by atoms with Crippen LogP contribution < -0.4 is 0 Å². The second kappa shape index (κ2) is 7.60. The van der Waals surface area contributed by atoms with E-state index >= 15 is 0 Å². The number of pyridine rings is 1. The van der Waals surface area contributed by atoms with Crippen molar-refractivity contribution < 1.29 is 4.79 Å². The largest absolute Gasteiger partial charge is 0.343 e. The monoisotopic (exact) mass is 352 g/mol. The molecule has 0 spiro atoms. The Morgan fingerprint density at radius 3 is 2.62 bits per heavy atom. The van der Waals surface area contributed by atoms with Gasteiger partial charge in [-0.25, -0.2) is 4.98 Å². The molecule has 0 atom stereocenters. The summed E-state index contributed by atoms with van der Waals surface area (Å²) >= 11 is 0. The molecule has 138 valence electrons. The van der Waals surface area contributed by atoms with Gasteiger partial charge >= 0.3 is 0 Å². The maximum absolute atomic E-state index is 12.6. The third kappa shape index (κ3) is 3.53. The predicted octanol–water partition coefficient (Wildman–Crippen LogP) is 4.00. The average molecular weight is 352 g/mol. The van der Waals surface area contributed by atoms with E-state index in [1.165, 1.54) is 31.4 Å². The molecule has 0 bridgehead atoms. The molecular weight excluding hydrogens is 324 g/mol. The number of imidazole rings is 1. The lowest BCUT2D eigenvalue weighted by atomic mass is 10.00. The van der Waals surface area contributed by atoms with E-state index in [1.807, 2.05) is 18.5 Å². The maximum atomic E-state index is 12.6. The molecule has 2 fully saturated rings. The molecule has 0 N–H and O–H groups in total. The van der Waals surface area contributed by atoms with Gasteiger partial charge in [-0.3, -0.25) is 9.78 Å². The number of carbonyl (C=O) groups excluding carboxylic acids is 1. The van der Waals surface area contributed by atoms with Gasteiger partial charge in [-0.15, -0.1) is 0 Å². The fourth-order valence-corrected chi connectivity index (χ4v) is 4.58. The molecule has 5 heteroatoms. The number of aryl methyl sites for hydroxylation is 1. The van der Waals surface area contributed by atoms with E-state index in [0.29, 0.717) is 17.9 Å².